The van der Waals surface area contributed by atoms with E-state index in [2.05, 4.69) is 67.5 Å². The van der Waals surface area contributed by atoms with Crippen molar-refractivity contribution in [3.63, 3.8) is 0 Å². The first-order chi connectivity index (χ1) is 17.3. The second kappa shape index (κ2) is 9.62. The van der Waals surface area contributed by atoms with Crippen LogP contribution in [0.5, 0.6) is 0 Å². The van der Waals surface area contributed by atoms with Crippen molar-refractivity contribution in [2.75, 3.05) is 0 Å². The fourth-order valence-electron chi connectivity index (χ4n) is 5.08. The molecule has 2 heterocycles. The van der Waals surface area contributed by atoms with Gasteiger partial charge in [0.1, 0.15) is 11.3 Å². The Morgan fingerprint density at radius 2 is 1.60 bits per heavy atom. The number of benzene rings is 3. The van der Waals surface area contributed by atoms with Crippen molar-refractivity contribution in [2.45, 2.75) is 55.6 Å². The predicted octanol–water partition coefficient (Wildman–Crippen LogP) is 5.38. The van der Waals surface area contributed by atoms with Crippen LogP contribution in [0.2, 0.25) is 0 Å². The molecule has 0 spiro atoms. The van der Waals surface area contributed by atoms with Gasteiger partial charge in [0.05, 0.1) is 11.3 Å². The minimum absolute atomic E-state index is 0.136. The third kappa shape index (κ3) is 4.34. The Bertz CT molecular complexity index is 1550. The standard InChI is InChI=1S/C27H26N6OS/c34-26-23-15-6-7-16-24(23)28-31-32(26)18-35-27-30-29-25(33(27)21-12-2-1-3-13-21)17-20-11-8-10-19-9-4-5-14-22(19)20/h4-11,14-16,21H,1-3,12-13,17-18H2. The number of fused-ring (bicyclic) bond motifs is 2. The highest BCUT2D eigenvalue weighted by Crippen LogP contribution is 2.34. The van der Waals surface area contributed by atoms with Crippen molar-refractivity contribution in [3.8, 4) is 0 Å². The first-order valence-electron chi connectivity index (χ1n) is 12.1. The summed E-state index contributed by atoms with van der Waals surface area (Å²) in [7, 11) is 0. The summed E-state index contributed by atoms with van der Waals surface area (Å²) in [6, 6.07) is 22.6. The van der Waals surface area contributed by atoms with E-state index in [0.29, 0.717) is 22.8 Å². The van der Waals surface area contributed by atoms with Gasteiger partial charge in [0.2, 0.25) is 0 Å². The molecule has 0 aliphatic heterocycles. The maximum absolute atomic E-state index is 12.9. The topological polar surface area (TPSA) is 78.5 Å². The van der Waals surface area contributed by atoms with Gasteiger partial charge in [-0.15, -0.1) is 15.3 Å². The average Bonchev–Trinajstić information content (AvgIpc) is 3.31. The fourth-order valence-corrected chi connectivity index (χ4v) is 5.97. The van der Waals surface area contributed by atoms with Crippen LogP contribution < -0.4 is 5.56 Å². The number of nitrogens with zero attached hydrogens (tertiary/aromatic N) is 6. The lowest BCUT2D eigenvalue weighted by atomic mass is 9.95. The largest absolute Gasteiger partial charge is 0.303 e. The van der Waals surface area contributed by atoms with Crippen LogP contribution >= 0.6 is 11.8 Å². The van der Waals surface area contributed by atoms with Crippen molar-refractivity contribution in [1.82, 2.24) is 29.8 Å². The molecule has 3 aromatic carbocycles. The number of hydrogen-bond acceptors (Lipinski definition) is 6. The first kappa shape index (κ1) is 22.0. The normalized spacial score (nSPS) is 14.6. The van der Waals surface area contributed by atoms with Gasteiger partial charge in [0.15, 0.2) is 5.16 Å². The molecule has 176 valence electrons. The zero-order valence-corrected chi connectivity index (χ0v) is 20.2. The molecule has 0 unspecified atom stereocenters. The van der Waals surface area contributed by atoms with E-state index in [1.54, 1.807) is 12.1 Å². The molecule has 1 aliphatic rings. The monoisotopic (exact) mass is 482 g/mol. The Kier molecular flexibility index (Phi) is 6.04. The zero-order chi connectivity index (χ0) is 23.6. The third-order valence-electron chi connectivity index (χ3n) is 6.85. The van der Waals surface area contributed by atoms with E-state index in [1.165, 1.54) is 52.0 Å². The summed E-state index contributed by atoms with van der Waals surface area (Å²) in [5.74, 6) is 1.32. The maximum atomic E-state index is 12.9. The Morgan fingerprint density at radius 1 is 0.829 bits per heavy atom. The molecule has 0 N–H and O–H groups in total. The molecule has 0 amide bonds. The van der Waals surface area contributed by atoms with Crippen molar-refractivity contribution >= 4 is 33.4 Å². The summed E-state index contributed by atoms with van der Waals surface area (Å²) >= 11 is 1.50. The lowest BCUT2D eigenvalue weighted by molar-refractivity contribution is 0.330. The SMILES string of the molecule is O=c1c2ccccc2nnn1CSc1nnc(Cc2cccc3ccccc23)n1C1CCCCC1. The molecule has 1 aliphatic carbocycles. The number of thioether (sulfide) groups is 1. The molecule has 6 rings (SSSR count). The lowest BCUT2D eigenvalue weighted by Gasteiger charge is -2.25. The van der Waals surface area contributed by atoms with Gasteiger partial charge in [-0.25, -0.2) is 0 Å². The van der Waals surface area contributed by atoms with E-state index < -0.39 is 0 Å². The minimum atomic E-state index is -0.136. The fraction of sp³-hybridized carbons (Fsp3) is 0.296. The highest BCUT2D eigenvalue weighted by Gasteiger charge is 2.24. The number of hydrogen-bond donors (Lipinski definition) is 0. The van der Waals surface area contributed by atoms with E-state index in [9.17, 15) is 4.79 Å². The Balaban J connectivity index is 1.33. The maximum Gasteiger partial charge on any atom is 0.278 e. The molecule has 0 atom stereocenters. The van der Waals surface area contributed by atoms with Gasteiger partial charge in [-0.3, -0.25) is 4.79 Å². The summed E-state index contributed by atoms with van der Waals surface area (Å²) in [6.45, 7) is 0. The Morgan fingerprint density at radius 3 is 2.49 bits per heavy atom. The van der Waals surface area contributed by atoms with Crippen LogP contribution in [-0.2, 0) is 12.3 Å². The molecule has 1 fully saturated rings. The van der Waals surface area contributed by atoms with Crippen molar-refractivity contribution in [1.29, 1.82) is 0 Å². The summed E-state index contributed by atoms with van der Waals surface area (Å²) in [5, 5.41) is 21.5. The molecule has 0 saturated heterocycles. The van der Waals surface area contributed by atoms with Crippen LogP contribution in [0.3, 0.4) is 0 Å². The highest BCUT2D eigenvalue weighted by atomic mass is 32.2. The Hall–Kier alpha value is -3.52. The average molecular weight is 483 g/mol. The highest BCUT2D eigenvalue weighted by molar-refractivity contribution is 7.98. The van der Waals surface area contributed by atoms with Gasteiger partial charge in [-0.05, 0) is 41.3 Å². The third-order valence-corrected chi connectivity index (χ3v) is 7.76. The van der Waals surface area contributed by atoms with E-state index >= 15 is 0 Å². The second-order valence-corrected chi connectivity index (χ2v) is 9.97. The molecule has 7 nitrogen and oxygen atoms in total. The van der Waals surface area contributed by atoms with Gasteiger partial charge < -0.3 is 4.57 Å². The van der Waals surface area contributed by atoms with Gasteiger partial charge in [-0.2, -0.15) is 4.68 Å². The van der Waals surface area contributed by atoms with Gasteiger partial charge in [0.25, 0.3) is 5.56 Å². The molecule has 0 radical (unpaired) electrons. The minimum Gasteiger partial charge on any atom is -0.303 e. The summed E-state index contributed by atoms with van der Waals surface area (Å²) in [4.78, 5) is 12.9. The molecular weight excluding hydrogens is 456 g/mol. The van der Waals surface area contributed by atoms with E-state index in [1.807, 2.05) is 12.1 Å². The van der Waals surface area contributed by atoms with Crippen molar-refractivity contribution in [2.24, 2.45) is 0 Å². The van der Waals surface area contributed by atoms with Crippen molar-refractivity contribution < 1.29 is 0 Å². The molecule has 35 heavy (non-hydrogen) atoms. The van der Waals surface area contributed by atoms with E-state index in [0.717, 1.165) is 30.2 Å². The van der Waals surface area contributed by atoms with Crippen LogP contribution in [0, 0.1) is 0 Å². The Labute approximate surface area is 207 Å². The van der Waals surface area contributed by atoms with E-state index in [-0.39, 0.29) is 5.56 Å². The molecule has 5 aromatic rings. The van der Waals surface area contributed by atoms with E-state index in [4.69, 9.17) is 0 Å². The van der Waals surface area contributed by atoms with Gasteiger partial charge in [-0.1, -0.05) is 90.8 Å². The summed E-state index contributed by atoms with van der Waals surface area (Å²) in [6.07, 6.45) is 6.70. The predicted molar refractivity (Wildman–Crippen MR) is 139 cm³/mol. The smallest absolute Gasteiger partial charge is 0.278 e. The van der Waals surface area contributed by atoms with Gasteiger partial charge >= 0.3 is 0 Å². The molecule has 1 saturated carbocycles. The second-order valence-electron chi connectivity index (χ2n) is 9.06. The zero-order valence-electron chi connectivity index (χ0n) is 19.4. The van der Waals surface area contributed by atoms with Crippen LogP contribution in [0.1, 0.15) is 49.5 Å². The van der Waals surface area contributed by atoms with Crippen LogP contribution in [-0.4, -0.2) is 29.8 Å². The van der Waals surface area contributed by atoms with Crippen LogP contribution in [0.25, 0.3) is 21.7 Å². The summed E-state index contributed by atoms with van der Waals surface area (Å²) in [5.41, 5.74) is 1.73. The lowest BCUT2D eigenvalue weighted by Crippen LogP contribution is -2.23. The molecule has 8 heteroatoms. The summed E-state index contributed by atoms with van der Waals surface area (Å²) < 4.78 is 3.74. The quantitative estimate of drug-likeness (QED) is 0.302. The number of aromatic nitrogens is 6. The molecule has 0 bridgehead atoms. The molecular formula is C27H26N6OS. The number of rotatable bonds is 6. The first-order valence-corrected chi connectivity index (χ1v) is 13.1. The van der Waals surface area contributed by atoms with Crippen molar-refractivity contribution in [3.05, 3.63) is 88.5 Å². The molecule has 2 aromatic heterocycles. The van der Waals surface area contributed by atoms with Crippen LogP contribution in [0.4, 0.5) is 0 Å². The van der Waals surface area contributed by atoms with Gasteiger partial charge in [0, 0.05) is 12.5 Å². The van der Waals surface area contributed by atoms with Crippen LogP contribution in [0.15, 0.2) is 76.7 Å².